The fourth-order valence-electron chi connectivity index (χ4n) is 3.71. The maximum Gasteiger partial charge on any atom is 0.251 e. The van der Waals surface area contributed by atoms with Crippen LogP contribution in [0.1, 0.15) is 27.3 Å². The highest BCUT2D eigenvalue weighted by Crippen LogP contribution is 2.19. The van der Waals surface area contributed by atoms with E-state index < -0.39 is 0 Å². The van der Waals surface area contributed by atoms with E-state index in [0.29, 0.717) is 31.7 Å². The minimum atomic E-state index is -0.0609. The number of amides is 1. The van der Waals surface area contributed by atoms with E-state index in [9.17, 15) is 4.79 Å². The molecule has 0 aliphatic heterocycles. The zero-order valence-electron chi connectivity index (χ0n) is 18.0. The van der Waals surface area contributed by atoms with Crippen LogP contribution in [0, 0.1) is 13.8 Å². The molecule has 1 N–H and O–H groups in total. The van der Waals surface area contributed by atoms with Gasteiger partial charge in [-0.25, -0.2) is 4.98 Å². The van der Waals surface area contributed by atoms with Gasteiger partial charge >= 0.3 is 0 Å². The number of ether oxygens (including phenoxy) is 1. The maximum atomic E-state index is 12.4. The van der Waals surface area contributed by atoms with Gasteiger partial charge in [0.1, 0.15) is 18.2 Å². The van der Waals surface area contributed by atoms with Crippen molar-refractivity contribution in [3.05, 3.63) is 95.3 Å². The summed E-state index contributed by atoms with van der Waals surface area (Å²) >= 11 is 0. The Morgan fingerprint density at radius 3 is 2.65 bits per heavy atom. The van der Waals surface area contributed by atoms with Gasteiger partial charge in [0.05, 0.1) is 17.6 Å². The molecule has 0 spiro atoms. The van der Waals surface area contributed by atoms with Crippen molar-refractivity contribution in [3.8, 4) is 5.75 Å². The van der Waals surface area contributed by atoms with E-state index in [1.807, 2.05) is 80.6 Å². The number of fused-ring (bicyclic) bond motifs is 1. The Hall–Kier alpha value is -3.60. The lowest BCUT2D eigenvalue weighted by Crippen LogP contribution is -2.26. The zero-order chi connectivity index (χ0) is 21.6. The van der Waals surface area contributed by atoms with Gasteiger partial charge in [0.25, 0.3) is 5.91 Å². The molecular weight excluding hydrogens is 386 g/mol. The van der Waals surface area contributed by atoms with Crippen LogP contribution in [0.15, 0.2) is 72.8 Å². The van der Waals surface area contributed by atoms with E-state index in [4.69, 9.17) is 9.72 Å². The first kappa shape index (κ1) is 20.7. The van der Waals surface area contributed by atoms with Crippen molar-refractivity contribution in [2.24, 2.45) is 0 Å². The number of nitrogens with one attached hydrogen (secondary N) is 1. The van der Waals surface area contributed by atoms with Crippen LogP contribution in [0.2, 0.25) is 0 Å². The molecule has 158 valence electrons. The van der Waals surface area contributed by atoms with Crippen LogP contribution >= 0.6 is 0 Å². The number of imidazole rings is 1. The van der Waals surface area contributed by atoms with Crippen LogP contribution in [0.25, 0.3) is 11.0 Å². The SMILES string of the molecule is Cc1cccc(C(=O)NCCc2nc3ccccc3n2CCOc2ccccc2C)c1. The van der Waals surface area contributed by atoms with E-state index in [0.717, 1.165) is 33.7 Å². The molecule has 0 aliphatic rings. The summed E-state index contributed by atoms with van der Waals surface area (Å²) in [5.41, 5.74) is 4.91. The van der Waals surface area contributed by atoms with Crippen molar-refractivity contribution in [1.82, 2.24) is 14.9 Å². The second kappa shape index (κ2) is 9.47. The predicted molar refractivity (Wildman–Crippen MR) is 124 cm³/mol. The van der Waals surface area contributed by atoms with Gasteiger partial charge in [-0.1, -0.05) is 48.0 Å². The minimum Gasteiger partial charge on any atom is -0.491 e. The lowest BCUT2D eigenvalue weighted by molar-refractivity contribution is 0.0953. The highest BCUT2D eigenvalue weighted by atomic mass is 16.5. The largest absolute Gasteiger partial charge is 0.491 e. The molecule has 31 heavy (non-hydrogen) atoms. The molecule has 1 heterocycles. The molecule has 5 heteroatoms. The number of carbonyl (C=O) groups excluding carboxylic acids is 1. The monoisotopic (exact) mass is 413 g/mol. The molecule has 1 aromatic heterocycles. The molecule has 0 unspecified atom stereocenters. The number of aryl methyl sites for hydroxylation is 2. The summed E-state index contributed by atoms with van der Waals surface area (Å²) in [5.74, 6) is 1.78. The van der Waals surface area contributed by atoms with Gasteiger partial charge in [0.15, 0.2) is 0 Å². The van der Waals surface area contributed by atoms with Crippen LogP contribution in [0.4, 0.5) is 0 Å². The Morgan fingerprint density at radius 1 is 1.00 bits per heavy atom. The molecule has 0 radical (unpaired) electrons. The molecule has 3 aromatic carbocycles. The third kappa shape index (κ3) is 4.94. The first-order chi connectivity index (χ1) is 15.1. The summed E-state index contributed by atoms with van der Waals surface area (Å²) in [6.45, 7) is 5.79. The van der Waals surface area contributed by atoms with Crippen molar-refractivity contribution < 1.29 is 9.53 Å². The second-order valence-corrected chi connectivity index (χ2v) is 7.66. The highest BCUT2D eigenvalue weighted by Gasteiger charge is 2.12. The summed E-state index contributed by atoms with van der Waals surface area (Å²) in [6, 6.07) is 23.7. The number of hydrogen-bond acceptors (Lipinski definition) is 3. The number of aromatic nitrogens is 2. The van der Waals surface area contributed by atoms with Crippen LogP contribution in [0.5, 0.6) is 5.75 Å². The van der Waals surface area contributed by atoms with Gasteiger partial charge < -0.3 is 14.6 Å². The molecular formula is C26H27N3O2. The van der Waals surface area contributed by atoms with Gasteiger partial charge in [-0.3, -0.25) is 4.79 Å². The molecule has 0 saturated carbocycles. The van der Waals surface area contributed by atoms with Crippen LogP contribution in [0.3, 0.4) is 0 Å². The second-order valence-electron chi connectivity index (χ2n) is 7.66. The topological polar surface area (TPSA) is 56.2 Å². The maximum absolute atomic E-state index is 12.4. The predicted octanol–water partition coefficient (Wildman–Crippen LogP) is 4.70. The summed E-state index contributed by atoms with van der Waals surface area (Å²) in [6.07, 6.45) is 0.649. The number of hydrogen-bond donors (Lipinski definition) is 1. The van der Waals surface area contributed by atoms with E-state index in [2.05, 4.69) is 16.0 Å². The average Bonchev–Trinajstić information content (AvgIpc) is 3.12. The Morgan fingerprint density at radius 2 is 1.81 bits per heavy atom. The molecule has 1 amide bonds. The lowest BCUT2D eigenvalue weighted by atomic mass is 10.1. The normalized spacial score (nSPS) is 10.9. The Kier molecular flexibility index (Phi) is 6.32. The molecule has 4 aromatic rings. The third-order valence-corrected chi connectivity index (χ3v) is 5.31. The molecule has 0 fully saturated rings. The zero-order valence-corrected chi connectivity index (χ0v) is 18.0. The van der Waals surface area contributed by atoms with Gasteiger partial charge in [0.2, 0.25) is 0 Å². The Labute approximate surface area is 182 Å². The lowest BCUT2D eigenvalue weighted by Gasteiger charge is -2.12. The highest BCUT2D eigenvalue weighted by molar-refractivity contribution is 5.94. The molecule has 0 bridgehead atoms. The smallest absolute Gasteiger partial charge is 0.251 e. The fraction of sp³-hybridized carbons (Fsp3) is 0.231. The summed E-state index contributed by atoms with van der Waals surface area (Å²) < 4.78 is 8.19. The molecule has 0 saturated heterocycles. The van der Waals surface area contributed by atoms with Gasteiger partial charge in [0, 0.05) is 18.5 Å². The van der Waals surface area contributed by atoms with Crippen LogP contribution in [-0.4, -0.2) is 28.6 Å². The fourth-order valence-corrected chi connectivity index (χ4v) is 3.71. The van der Waals surface area contributed by atoms with Crippen molar-refractivity contribution in [2.75, 3.05) is 13.2 Å². The van der Waals surface area contributed by atoms with E-state index in [1.165, 1.54) is 0 Å². The quantitative estimate of drug-likeness (QED) is 0.455. The van der Waals surface area contributed by atoms with E-state index >= 15 is 0 Å². The standard InChI is InChI=1S/C26H27N3O2/c1-19-8-7-10-21(18-19)26(30)27-15-14-25-28-22-11-4-5-12-23(22)29(25)16-17-31-24-13-6-3-9-20(24)2/h3-13,18H,14-17H2,1-2H3,(H,27,30). The number of nitrogens with zero attached hydrogens (tertiary/aromatic N) is 2. The number of rotatable bonds is 8. The third-order valence-electron chi connectivity index (χ3n) is 5.31. The number of para-hydroxylation sites is 3. The van der Waals surface area contributed by atoms with Gasteiger partial charge in [-0.2, -0.15) is 0 Å². The summed E-state index contributed by atoms with van der Waals surface area (Å²) in [7, 11) is 0. The summed E-state index contributed by atoms with van der Waals surface area (Å²) in [4.78, 5) is 17.2. The van der Waals surface area contributed by atoms with E-state index in [1.54, 1.807) is 0 Å². The number of benzene rings is 3. The van der Waals surface area contributed by atoms with Gasteiger partial charge in [-0.15, -0.1) is 0 Å². The minimum absolute atomic E-state index is 0.0609. The van der Waals surface area contributed by atoms with Crippen LogP contribution in [-0.2, 0) is 13.0 Å². The molecule has 0 atom stereocenters. The van der Waals surface area contributed by atoms with Gasteiger partial charge in [-0.05, 0) is 49.7 Å². The Bertz CT molecular complexity index is 1200. The average molecular weight is 414 g/mol. The molecule has 0 aliphatic carbocycles. The first-order valence-electron chi connectivity index (χ1n) is 10.6. The van der Waals surface area contributed by atoms with Crippen molar-refractivity contribution >= 4 is 16.9 Å². The van der Waals surface area contributed by atoms with Crippen molar-refractivity contribution in [3.63, 3.8) is 0 Å². The van der Waals surface area contributed by atoms with Crippen molar-refractivity contribution in [1.29, 1.82) is 0 Å². The van der Waals surface area contributed by atoms with Crippen molar-refractivity contribution in [2.45, 2.75) is 26.8 Å². The Balaban J connectivity index is 1.43. The number of carbonyl (C=O) groups is 1. The first-order valence-corrected chi connectivity index (χ1v) is 10.6. The molecule has 5 nitrogen and oxygen atoms in total. The molecule has 4 rings (SSSR count). The summed E-state index contributed by atoms with van der Waals surface area (Å²) in [5, 5.41) is 3.01. The van der Waals surface area contributed by atoms with E-state index in [-0.39, 0.29) is 5.91 Å². The van der Waals surface area contributed by atoms with Crippen LogP contribution < -0.4 is 10.1 Å².